The van der Waals surface area contributed by atoms with Crippen LogP contribution in [0.5, 0.6) is 0 Å². The molecule has 0 amide bonds. The summed E-state index contributed by atoms with van der Waals surface area (Å²) in [4.78, 5) is 23.9. The van der Waals surface area contributed by atoms with Crippen molar-refractivity contribution in [3.8, 4) is 11.1 Å². The Labute approximate surface area is 143 Å². The van der Waals surface area contributed by atoms with Crippen LogP contribution in [0.1, 0.15) is 39.2 Å². The van der Waals surface area contributed by atoms with Crippen molar-refractivity contribution in [2.75, 3.05) is 0 Å². The van der Waals surface area contributed by atoms with E-state index in [-0.39, 0.29) is 18.6 Å². The van der Waals surface area contributed by atoms with Crippen LogP contribution in [-0.4, -0.2) is 17.4 Å². The summed E-state index contributed by atoms with van der Waals surface area (Å²) in [5.41, 5.74) is 2.63. The summed E-state index contributed by atoms with van der Waals surface area (Å²) < 4.78 is 5.31. The van der Waals surface area contributed by atoms with Gasteiger partial charge in [-0.3, -0.25) is 9.59 Å². The normalized spacial score (nSPS) is 11.1. The van der Waals surface area contributed by atoms with E-state index in [4.69, 9.17) is 4.74 Å². The first kappa shape index (κ1) is 17.9. The molecular weight excluding hydrogens is 300 g/mol. The second-order valence-electron chi connectivity index (χ2n) is 6.54. The van der Waals surface area contributed by atoms with Crippen molar-refractivity contribution in [2.24, 2.45) is 0 Å². The van der Waals surface area contributed by atoms with Gasteiger partial charge in [0.15, 0.2) is 0 Å². The lowest BCUT2D eigenvalue weighted by atomic mass is 10.0. The molecule has 0 heterocycles. The summed E-state index contributed by atoms with van der Waals surface area (Å²) in [5.74, 6) is -0.577. The van der Waals surface area contributed by atoms with E-state index in [2.05, 4.69) is 0 Å². The van der Waals surface area contributed by atoms with Crippen LogP contribution in [0.3, 0.4) is 0 Å². The Morgan fingerprint density at radius 2 is 1.50 bits per heavy atom. The van der Waals surface area contributed by atoms with Gasteiger partial charge in [0, 0.05) is 6.42 Å². The van der Waals surface area contributed by atoms with E-state index in [1.165, 1.54) is 0 Å². The standard InChI is InChI=1S/C21H24O3/c1-4-21(2,3)24-20(23)15-19(22)14-16-10-12-18(13-11-16)17-8-6-5-7-9-17/h5-13H,4,14-15H2,1-3H3. The predicted octanol–water partition coefficient (Wildman–Crippen LogP) is 4.59. The molecule has 0 bridgehead atoms. The summed E-state index contributed by atoms with van der Waals surface area (Å²) in [7, 11) is 0. The molecule has 0 atom stereocenters. The molecule has 2 aromatic rings. The smallest absolute Gasteiger partial charge is 0.313 e. The Hall–Kier alpha value is -2.42. The summed E-state index contributed by atoms with van der Waals surface area (Å²) in [6, 6.07) is 17.9. The Morgan fingerprint density at radius 1 is 0.917 bits per heavy atom. The number of hydrogen-bond donors (Lipinski definition) is 0. The third kappa shape index (κ3) is 5.34. The number of esters is 1. The molecule has 0 aliphatic carbocycles. The molecule has 0 fully saturated rings. The van der Waals surface area contributed by atoms with Gasteiger partial charge in [-0.15, -0.1) is 0 Å². The van der Waals surface area contributed by atoms with Gasteiger partial charge in [-0.1, -0.05) is 61.5 Å². The van der Waals surface area contributed by atoms with Gasteiger partial charge in [0.2, 0.25) is 0 Å². The van der Waals surface area contributed by atoms with Crippen LogP contribution in [0.25, 0.3) is 11.1 Å². The number of hydrogen-bond acceptors (Lipinski definition) is 3. The Morgan fingerprint density at radius 3 is 2.08 bits per heavy atom. The second-order valence-corrected chi connectivity index (χ2v) is 6.54. The minimum Gasteiger partial charge on any atom is -0.459 e. The molecule has 0 N–H and O–H groups in total. The second kappa shape index (κ2) is 7.91. The fourth-order valence-corrected chi connectivity index (χ4v) is 2.31. The van der Waals surface area contributed by atoms with Crippen molar-refractivity contribution in [3.05, 3.63) is 60.2 Å². The highest BCUT2D eigenvalue weighted by molar-refractivity contribution is 5.96. The Kier molecular flexibility index (Phi) is 5.91. The maximum absolute atomic E-state index is 12.1. The number of ketones is 1. The first-order chi connectivity index (χ1) is 11.4. The molecule has 0 aliphatic heterocycles. The largest absolute Gasteiger partial charge is 0.459 e. The van der Waals surface area contributed by atoms with Gasteiger partial charge in [0.05, 0.1) is 0 Å². The van der Waals surface area contributed by atoms with Gasteiger partial charge in [0.25, 0.3) is 0 Å². The molecule has 2 aromatic carbocycles. The van der Waals surface area contributed by atoms with E-state index in [0.29, 0.717) is 6.42 Å². The van der Waals surface area contributed by atoms with Crippen molar-refractivity contribution in [1.82, 2.24) is 0 Å². The van der Waals surface area contributed by atoms with E-state index in [9.17, 15) is 9.59 Å². The molecule has 0 aliphatic rings. The highest BCUT2D eigenvalue weighted by Crippen LogP contribution is 2.20. The number of ether oxygens (including phenoxy) is 1. The van der Waals surface area contributed by atoms with Gasteiger partial charge in [-0.25, -0.2) is 0 Å². The highest BCUT2D eigenvalue weighted by Gasteiger charge is 2.22. The zero-order valence-corrected chi connectivity index (χ0v) is 14.5. The minimum absolute atomic E-state index is 0.126. The molecule has 3 heteroatoms. The van der Waals surface area contributed by atoms with E-state index in [1.54, 1.807) is 0 Å². The number of carbonyl (C=O) groups excluding carboxylic acids is 2. The average molecular weight is 324 g/mol. The SMILES string of the molecule is CCC(C)(C)OC(=O)CC(=O)Cc1ccc(-c2ccccc2)cc1. The maximum atomic E-state index is 12.1. The highest BCUT2D eigenvalue weighted by atomic mass is 16.6. The topological polar surface area (TPSA) is 43.4 Å². The van der Waals surface area contributed by atoms with Crippen molar-refractivity contribution >= 4 is 11.8 Å². The Bertz CT molecular complexity index is 685. The van der Waals surface area contributed by atoms with Gasteiger partial charge in [-0.2, -0.15) is 0 Å². The molecule has 0 saturated heterocycles. The summed E-state index contributed by atoms with van der Waals surface area (Å²) in [6.45, 7) is 5.64. The summed E-state index contributed by atoms with van der Waals surface area (Å²) >= 11 is 0. The number of rotatable bonds is 7. The fourth-order valence-electron chi connectivity index (χ4n) is 2.31. The van der Waals surface area contributed by atoms with Crippen LogP contribution in [0, 0.1) is 0 Å². The summed E-state index contributed by atoms with van der Waals surface area (Å²) in [6.07, 6.45) is 0.786. The molecule has 0 unspecified atom stereocenters. The van der Waals surface area contributed by atoms with Crippen molar-refractivity contribution < 1.29 is 14.3 Å². The molecule has 0 aromatic heterocycles. The van der Waals surface area contributed by atoms with E-state index < -0.39 is 11.6 Å². The van der Waals surface area contributed by atoms with E-state index >= 15 is 0 Å². The number of benzene rings is 2. The molecule has 0 saturated carbocycles. The van der Waals surface area contributed by atoms with Gasteiger partial charge < -0.3 is 4.74 Å². The predicted molar refractivity (Wildman–Crippen MR) is 95.7 cm³/mol. The first-order valence-electron chi connectivity index (χ1n) is 8.27. The van der Waals surface area contributed by atoms with Crippen LogP contribution in [-0.2, 0) is 20.7 Å². The molecule has 24 heavy (non-hydrogen) atoms. The van der Waals surface area contributed by atoms with Crippen LogP contribution in [0.4, 0.5) is 0 Å². The molecule has 0 spiro atoms. The van der Waals surface area contributed by atoms with Gasteiger partial charge in [0.1, 0.15) is 17.8 Å². The monoisotopic (exact) mass is 324 g/mol. The number of carbonyl (C=O) groups is 2. The lowest BCUT2D eigenvalue weighted by Gasteiger charge is -2.23. The lowest BCUT2D eigenvalue weighted by Crippen LogP contribution is -2.28. The van der Waals surface area contributed by atoms with Crippen LogP contribution in [0.2, 0.25) is 0 Å². The number of Topliss-reactive ketones (excluding diaryl/α,β-unsaturated/α-hetero) is 1. The maximum Gasteiger partial charge on any atom is 0.313 e. The zero-order valence-electron chi connectivity index (χ0n) is 14.5. The first-order valence-corrected chi connectivity index (χ1v) is 8.27. The van der Waals surface area contributed by atoms with Gasteiger partial charge >= 0.3 is 5.97 Å². The fraction of sp³-hybridized carbons (Fsp3) is 0.333. The van der Waals surface area contributed by atoms with Crippen molar-refractivity contribution in [2.45, 2.75) is 45.6 Å². The zero-order chi connectivity index (χ0) is 17.6. The van der Waals surface area contributed by atoms with E-state index in [0.717, 1.165) is 16.7 Å². The molecule has 126 valence electrons. The van der Waals surface area contributed by atoms with Crippen LogP contribution < -0.4 is 0 Å². The summed E-state index contributed by atoms with van der Waals surface area (Å²) in [5, 5.41) is 0. The molecule has 2 rings (SSSR count). The minimum atomic E-state index is -0.519. The van der Waals surface area contributed by atoms with Gasteiger partial charge in [-0.05, 0) is 37.0 Å². The quantitative estimate of drug-likeness (QED) is 0.553. The molecular formula is C21H24O3. The molecule has 3 nitrogen and oxygen atoms in total. The average Bonchev–Trinajstić information content (AvgIpc) is 2.55. The van der Waals surface area contributed by atoms with E-state index in [1.807, 2.05) is 75.4 Å². The van der Waals surface area contributed by atoms with Crippen molar-refractivity contribution in [1.29, 1.82) is 0 Å². The van der Waals surface area contributed by atoms with Crippen molar-refractivity contribution in [3.63, 3.8) is 0 Å². The third-order valence-corrected chi connectivity index (χ3v) is 4.05. The lowest BCUT2D eigenvalue weighted by molar-refractivity contribution is -0.157. The third-order valence-electron chi connectivity index (χ3n) is 4.05. The van der Waals surface area contributed by atoms with Crippen LogP contribution in [0.15, 0.2) is 54.6 Å². The van der Waals surface area contributed by atoms with Crippen LogP contribution >= 0.6 is 0 Å². The Balaban J connectivity index is 1.92. The molecule has 0 radical (unpaired) electrons.